The Hall–Kier alpha value is -0.960. The smallest absolute Gasteiger partial charge is 0.303 e. The normalized spacial score (nSPS) is 28.4. The SMILES string of the molecule is CC(=O)O[C@@H]1C=C(I)C(=O)[C@H](OC(C)=O)[C@H]1O. The quantitative estimate of drug-likeness (QED) is 0.559. The molecule has 0 unspecified atom stereocenters. The van der Waals surface area contributed by atoms with Crippen LogP contribution in [0.2, 0.25) is 0 Å². The largest absolute Gasteiger partial charge is 0.455 e. The number of carbonyl (C=O) groups is 3. The Morgan fingerprint density at radius 1 is 1.29 bits per heavy atom. The molecular weight excluding hydrogens is 343 g/mol. The van der Waals surface area contributed by atoms with E-state index >= 15 is 0 Å². The fraction of sp³-hybridized carbons (Fsp3) is 0.500. The molecule has 0 aromatic carbocycles. The van der Waals surface area contributed by atoms with Crippen molar-refractivity contribution in [2.45, 2.75) is 32.2 Å². The number of aliphatic hydroxyl groups is 1. The molecule has 6 nitrogen and oxygen atoms in total. The highest BCUT2D eigenvalue weighted by atomic mass is 127. The van der Waals surface area contributed by atoms with Crippen molar-refractivity contribution in [3.05, 3.63) is 9.66 Å². The summed E-state index contributed by atoms with van der Waals surface area (Å²) in [6.45, 7) is 2.32. The predicted molar refractivity (Wildman–Crippen MR) is 64.2 cm³/mol. The number of ether oxygens (including phenoxy) is 2. The van der Waals surface area contributed by atoms with Gasteiger partial charge in [0.2, 0.25) is 5.78 Å². The number of Topliss-reactive ketones (excluding diaryl/α,β-unsaturated/α-hetero) is 1. The van der Waals surface area contributed by atoms with Crippen LogP contribution in [0.25, 0.3) is 0 Å². The molecule has 0 heterocycles. The molecule has 0 aromatic rings. The Labute approximate surface area is 111 Å². The summed E-state index contributed by atoms with van der Waals surface area (Å²) in [4.78, 5) is 33.3. The molecule has 17 heavy (non-hydrogen) atoms. The molecule has 1 aliphatic rings. The van der Waals surface area contributed by atoms with E-state index in [1.165, 1.54) is 13.0 Å². The first kappa shape index (κ1) is 14.1. The van der Waals surface area contributed by atoms with Gasteiger partial charge in [0.15, 0.2) is 12.2 Å². The molecule has 0 aromatic heterocycles. The second-order valence-corrected chi connectivity index (χ2v) is 4.64. The molecule has 0 saturated heterocycles. The zero-order chi connectivity index (χ0) is 13.2. The van der Waals surface area contributed by atoms with Crippen LogP contribution in [0.5, 0.6) is 0 Å². The van der Waals surface area contributed by atoms with Gasteiger partial charge in [0.05, 0.1) is 3.58 Å². The summed E-state index contributed by atoms with van der Waals surface area (Å²) in [5.74, 6) is -1.78. The van der Waals surface area contributed by atoms with Gasteiger partial charge in [0.1, 0.15) is 6.10 Å². The van der Waals surface area contributed by atoms with Crippen LogP contribution in [0.15, 0.2) is 9.66 Å². The highest BCUT2D eigenvalue weighted by Crippen LogP contribution is 2.25. The van der Waals surface area contributed by atoms with E-state index in [-0.39, 0.29) is 3.58 Å². The second kappa shape index (κ2) is 5.58. The molecule has 0 saturated carbocycles. The molecule has 94 valence electrons. The molecule has 0 bridgehead atoms. The van der Waals surface area contributed by atoms with Crippen LogP contribution in [-0.4, -0.2) is 41.1 Å². The standard InChI is InChI=1S/C10H11IO6/c1-4(12)16-7-3-6(11)8(14)10(9(7)15)17-5(2)13/h3,7,9-10,15H,1-2H3/t7-,9+,10+/m1/s1. The molecule has 1 aliphatic carbocycles. The van der Waals surface area contributed by atoms with Gasteiger partial charge in [-0.3, -0.25) is 14.4 Å². The molecule has 1 N–H and O–H groups in total. The van der Waals surface area contributed by atoms with Crippen molar-refractivity contribution in [1.29, 1.82) is 0 Å². The lowest BCUT2D eigenvalue weighted by Gasteiger charge is -2.30. The Balaban J connectivity index is 2.94. The van der Waals surface area contributed by atoms with Gasteiger partial charge in [-0.1, -0.05) is 0 Å². The lowest BCUT2D eigenvalue weighted by Crippen LogP contribution is -2.48. The van der Waals surface area contributed by atoms with Gasteiger partial charge >= 0.3 is 11.9 Å². The van der Waals surface area contributed by atoms with Gasteiger partial charge in [0, 0.05) is 13.8 Å². The number of ketones is 1. The van der Waals surface area contributed by atoms with Crippen molar-refractivity contribution in [3.63, 3.8) is 0 Å². The molecule has 0 amide bonds. The van der Waals surface area contributed by atoms with E-state index in [1.54, 1.807) is 22.6 Å². The fourth-order valence-corrected chi connectivity index (χ4v) is 2.05. The summed E-state index contributed by atoms with van der Waals surface area (Å²) in [5.41, 5.74) is 0. The van der Waals surface area contributed by atoms with E-state index in [9.17, 15) is 19.5 Å². The van der Waals surface area contributed by atoms with E-state index < -0.39 is 36.0 Å². The summed E-state index contributed by atoms with van der Waals surface area (Å²) in [6, 6.07) is 0. The van der Waals surface area contributed by atoms with Crippen LogP contribution in [0.1, 0.15) is 13.8 Å². The Bertz CT molecular complexity index is 388. The number of aliphatic hydroxyl groups excluding tert-OH is 1. The maximum atomic E-state index is 11.6. The summed E-state index contributed by atoms with van der Waals surface area (Å²) in [5, 5.41) is 9.79. The number of esters is 2. The van der Waals surface area contributed by atoms with Crippen molar-refractivity contribution < 1.29 is 29.0 Å². The molecular formula is C10H11IO6. The zero-order valence-electron chi connectivity index (χ0n) is 9.18. The van der Waals surface area contributed by atoms with Gasteiger partial charge in [-0.05, 0) is 28.7 Å². The van der Waals surface area contributed by atoms with E-state index in [4.69, 9.17) is 9.47 Å². The predicted octanol–water partition coefficient (Wildman–Crippen LogP) is 0.112. The minimum absolute atomic E-state index is 0.255. The maximum absolute atomic E-state index is 11.6. The van der Waals surface area contributed by atoms with Crippen molar-refractivity contribution in [3.8, 4) is 0 Å². The Morgan fingerprint density at radius 3 is 2.29 bits per heavy atom. The second-order valence-electron chi connectivity index (χ2n) is 3.47. The summed E-state index contributed by atoms with van der Waals surface area (Å²) >= 11 is 1.73. The lowest BCUT2D eigenvalue weighted by molar-refractivity contribution is -0.169. The minimum Gasteiger partial charge on any atom is -0.455 e. The molecule has 0 fully saturated rings. The van der Waals surface area contributed by atoms with Crippen molar-refractivity contribution in [2.24, 2.45) is 0 Å². The van der Waals surface area contributed by atoms with Crippen LogP contribution >= 0.6 is 22.6 Å². The molecule has 0 spiro atoms. The third-order valence-corrected chi connectivity index (χ3v) is 2.94. The molecule has 0 aliphatic heterocycles. The average molecular weight is 354 g/mol. The first-order valence-corrected chi connectivity index (χ1v) is 5.85. The number of rotatable bonds is 2. The number of hydrogen-bond acceptors (Lipinski definition) is 6. The number of halogens is 1. The third-order valence-electron chi connectivity index (χ3n) is 2.05. The molecule has 1 rings (SSSR count). The van der Waals surface area contributed by atoms with E-state index in [0.29, 0.717) is 0 Å². The molecule has 3 atom stereocenters. The van der Waals surface area contributed by atoms with E-state index in [0.717, 1.165) is 6.92 Å². The molecule has 0 radical (unpaired) electrons. The van der Waals surface area contributed by atoms with Crippen LogP contribution in [0.3, 0.4) is 0 Å². The van der Waals surface area contributed by atoms with Gasteiger partial charge in [0.25, 0.3) is 0 Å². The number of carbonyl (C=O) groups excluding carboxylic acids is 3. The maximum Gasteiger partial charge on any atom is 0.303 e. The lowest BCUT2D eigenvalue weighted by atomic mass is 9.97. The first-order valence-electron chi connectivity index (χ1n) is 4.77. The van der Waals surface area contributed by atoms with E-state index in [2.05, 4.69) is 0 Å². The van der Waals surface area contributed by atoms with Crippen LogP contribution in [0.4, 0.5) is 0 Å². The van der Waals surface area contributed by atoms with Crippen LogP contribution in [0, 0.1) is 0 Å². The third kappa shape index (κ3) is 3.50. The topological polar surface area (TPSA) is 89.9 Å². The number of hydrogen-bond donors (Lipinski definition) is 1. The monoisotopic (exact) mass is 354 g/mol. The van der Waals surface area contributed by atoms with Crippen molar-refractivity contribution in [2.75, 3.05) is 0 Å². The van der Waals surface area contributed by atoms with Gasteiger partial charge in [-0.2, -0.15) is 0 Å². The van der Waals surface area contributed by atoms with Gasteiger partial charge in [-0.25, -0.2) is 0 Å². The van der Waals surface area contributed by atoms with Crippen molar-refractivity contribution >= 4 is 40.3 Å². The first-order chi connectivity index (χ1) is 7.82. The summed E-state index contributed by atoms with van der Waals surface area (Å²) in [7, 11) is 0. The van der Waals surface area contributed by atoms with Crippen LogP contribution < -0.4 is 0 Å². The van der Waals surface area contributed by atoms with Gasteiger partial charge in [-0.15, -0.1) is 0 Å². The van der Waals surface area contributed by atoms with Gasteiger partial charge < -0.3 is 14.6 Å². The van der Waals surface area contributed by atoms with Crippen LogP contribution in [-0.2, 0) is 23.9 Å². The van der Waals surface area contributed by atoms with E-state index in [1.807, 2.05) is 0 Å². The fourth-order valence-electron chi connectivity index (χ4n) is 1.39. The summed E-state index contributed by atoms with van der Waals surface area (Å²) in [6.07, 6.45) is -2.36. The highest BCUT2D eigenvalue weighted by Gasteiger charge is 2.41. The molecule has 7 heteroatoms. The van der Waals surface area contributed by atoms with Crippen molar-refractivity contribution in [1.82, 2.24) is 0 Å². The Morgan fingerprint density at radius 2 is 1.82 bits per heavy atom. The highest BCUT2D eigenvalue weighted by molar-refractivity contribution is 14.1. The summed E-state index contributed by atoms with van der Waals surface area (Å²) < 4.78 is 9.80. The Kier molecular flexibility index (Phi) is 4.63. The average Bonchev–Trinajstić information content (AvgIpc) is 2.20. The zero-order valence-corrected chi connectivity index (χ0v) is 11.3. The minimum atomic E-state index is -1.38.